The Balaban J connectivity index is 2.06. The summed E-state index contributed by atoms with van der Waals surface area (Å²) >= 11 is 0. The molecule has 0 spiro atoms. The van der Waals surface area contributed by atoms with Crippen LogP contribution < -0.4 is 10.1 Å². The summed E-state index contributed by atoms with van der Waals surface area (Å²) < 4.78 is 55.3. The van der Waals surface area contributed by atoms with E-state index in [0.29, 0.717) is 5.69 Å². The number of hydrogen-bond acceptors (Lipinski definition) is 4. The van der Waals surface area contributed by atoms with Crippen molar-refractivity contribution in [3.63, 3.8) is 0 Å². The molecule has 0 saturated heterocycles. The molecule has 0 saturated carbocycles. The van der Waals surface area contributed by atoms with Crippen LogP contribution in [0.1, 0.15) is 11.3 Å². The Kier molecular flexibility index (Phi) is 4.78. The molecule has 4 nitrogen and oxygen atoms in total. The predicted octanol–water partition coefficient (Wildman–Crippen LogP) is 3.44. The number of anilines is 1. The minimum atomic E-state index is -2.95. The van der Waals surface area contributed by atoms with Crippen molar-refractivity contribution in [3.05, 3.63) is 53.4 Å². The van der Waals surface area contributed by atoms with Crippen molar-refractivity contribution >= 4 is 5.69 Å². The van der Waals surface area contributed by atoms with Crippen LogP contribution in [0.25, 0.3) is 0 Å². The molecular weight excluding hydrogens is 302 g/mol. The van der Waals surface area contributed by atoms with Gasteiger partial charge in [0.15, 0.2) is 11.6 Å². The van der Waals surface area contributed by atoms with Crippen LogP contribution in [-0.2, 0) is 6.54 Å². The zero-order valence-corrected chi connectivity index (χ0v) is 11.0. The number of pyridine rings is 1. The van der Waals surface area contributed by atoms with Gasteiger partial charge < -0.3 is 10.1 Å². The summed E-state index contributed by atoms with van der Waals surface area (Å²) in [5.74, 6) is -1.93. The second kappa shape index (κ2) is 6.76. The van der Waals surface area contributed by atoms with Crippen molar-refractivity contribution in [3.8, 4) is 11.8 Å². The van der Waals surface area contributed by atoms with E-state index in [4.69, 9.17) is 5.26 Å². The SMILES string of the molecule is N#Cc1cc(F)c(NCc2ccc(OC(F)F)cn2)c(F)c1. The number of nitrogens with one attached hydrogen (secondary N) is 1. The average Bonchev–Trinajstić information content (AvgIpc) is 2.47. The number of alkyl halides is 2. The Morgan fingerprint density at radius 2 is 1.91 bits per heavy atom. The van der Waals surface area contributed by atoms with Crippen LogP contribution in [0.2, 0.25) is 0 Å². The smallest absolute Gasteiger partial charge is 0.387 e. The molecule has 2 rings (SSSR count). The van der Waals surface area contributed by atoms with E-state index >= 15 is 0 Å². The predicted molar refractivity (Wildman–Crippen MR) is 69.3 cm³/mol. The Bertz CT molecular complexity index is 675. The fourth-order valence-corrected chi connectivity index (χ4v) is 1.67. The maximum atomic E-state index is 13.6. The molecule has 1 N–H and O–H groups in total. The van der Waals surface area contributed by atoms with E-state index < -0.39 is 23.9 Å². The summed E-state index contributed by atoms with van der Waals surface area (Å²) in [6, 6.07) is 6.08. The summed E-state index contributed by atoms with van der Waals surface area (Å²) in [7, 11) is 0. The molecule has 22 heavy (non-hydrogen) atoms. The number of nitrogens with zero attached hydrogens (tertiary/aromatic N) is 2. The molecule has 1 aromatic carbocycles. The molecule has 114 valence electrons. The molecular formula is C14H9F4N3O. The van der Waals surface area contributed by atoms with Crippen LogP contribution >= 0.6 is 0 Å². The molecule has 0 aliphatic heterocycles. The van der Waals surface area contributed by atoms with Crippen molar-refractivity contribution in [2.24, 2.45) is 0 Å². The number of rotatable bonds is 5. The summed E-state index contributed by atoms with van der Waals surface area (Å²) in [4.78, 5) is 3.82. The van der Waals surface area contributed by atoms with Gasteiger partial charge >= 0.3 is 6.61 Å². The molecule has 0 aliphatic rings. The highest BCUT2D eigenvalue weighted by atomic mass is 19.3. The number of ether oxygens (including phenoxy) is 1. The first-order chi connectivity index (χ1) is 10.5. The van der Waals surface area contributed by atoms with Gasteiger partial charge in [-0.15, -0.1) is 0 Å². The molecule has 0 aliphatic carbocycles. The van der Waals surface area contributed by atoms with Crippen molar-refractivity contribution in [1.29, 1.82) is 5.26 Å². The van der Waals surface area contributed by atoms with Gasteiger partial charge in [0.05, 0.1) is 30.1 Å². The second-order valence-corrected chi connectivity index (χ2v) is 4.14. The fourth-order valence-electron chi connectivity index (χ4n) is 1.67. The monoisotopic (exact) mass is 311 g/mol. The summed E-state index contributed by atoms with van der Waals surface area (Å²) in [6.07, 6.45) is 1.08. The van der Waals surface area contributed by atoms with Gasteiger partial charge in [0.1, 0.15) is 11.4 Å². The first kappa shape index (κ1) is 15.6. The minimum Gasteiger partial charge on any atom is -0.433 e. The van der Waals surface area contributed by atoms with E-state index in [9.17, 15) is 17.6 Å². The van der Waals surface area contributed by atoms with E-state index in [2.05, 4.69) is 15.0 Å². The third kappa shape index (κ3) is 3.85. The maximum Gasteiger partial charge on any atom is 0.387 e. The molecule has 8 heteroatoms. The average molecular weight is 311 g/mol. The normalized spacial score (nSPS) is 10.4. The third-order valence-electron chi connectivity index (χ3n) is 2.64. The molecule has 1 aromatic heterocycles. The molecule has 0 radical (unpaired) electrons. The van der Waals surface area contributed by atoms with E-state index in [-0.39, 0.29) is 17.9 Å². The molecule has 2 aromatic rings. The number of hydrogen-bond donors (Lipinski definition) is 1. The van der Waals surface area contributed by atoms with Crippen LogP contribution in [0.4, 0.5) is 23.2 Å². The maximum absolute atomic E-state index is 13.6. The molecule has 0 fully saturated rings. The zero-order chi connectivity index (χ0) is 16.1. The Morgan fingerprint density at radius 1 is 1.23 bits per heavy atom. The Morgan fingerprint density at radius 3 is 2.41 bits per heavy atom. The van der Waals surface area contributed by atoms with Crippen LogP contribution in [0, 0.1) is 23.0 Å². The number of benzene rings is 1. The lowest BCUT2D eigenvalue weighted by atomic mass is 10.2. The fraction of sp³-hybridized carbons (Fsp3) is 0.143. The van der Waals surface area contributed by atoms with Crippen molar-refractivity contribution in [1.82, 2.24) is 4.98 Å². The summed E-state index contributed by atoms with van der Waals surface area (Å²) in [5, 5.41) is 11.1. The Hall–Kier alpha value is -2.82. The van der Waals surface area contributed by atoms with Gasteiger partial charge in [-0.25, -0.2) is 8.78 Å². The Labute approximate surface area is 123 Å². The van der Waals surface area contributed by atoms with Gasteiger partial charge in [0.25, 0.3) is 0 Å². The van der Waals surface area contributed by atoms with Gasteiger partial charge in [-0.2, -0.15) is 14.0 Å². The van der Waals surface area contributed by atoms with Crippen molar-refractivity contribution in [2.75, 3.05) is 5.32 Å². The topological polar surface area (TPSA) is 57.9 Å². The lowest BCUT2D eigenvalue weighted by Gasteiger charge is -2.09. The minimum absolute atomic E-state index is 0.0330. The first-order valence-electron chi connectivity index (χ1n) is 6.02. The summed E-state index contributed by atoms with van der Waals surface area (Å²) in [5.41, 5.74) is -0.161. The second-order valence-electron chi connectivity index (χ2n) is 4.14. The van der Waals surface area contributed by atoms with E-state index in [1.165, 1.54) is 12.1 Å². The molecule has 0 bridgehead atoms. The van der Waals surface area contributed by atoms with Gasteiger partial charge in [-0.1, -0.05) is 0 Å². The molecule has 1 heterocycles. The van der Waals surface area contributed by atoms with Gasteiger partial charge in [0.2, 0.25) is 0 Å². The lowest BCUT2D eigenvalue weighted by molar-refractivity contribution is -0.0500. The first-order valence-corrected chi connectivity index (χ1v) is 6.02. The highest BCUT2D eigenvalue weighted by Gasteiger charge is 2.11. The van der Waals surface area contributed by atoms with E-state index in [1.807, 2.05) is 0 Å². The lowest BCUT2D eigenvalue weighted by Crippen LogP contribution is -2.07. The van der Waals surface area contributed by atoms with Gasteiger partial charge in [0, 0.05) is 0 Å². The van der Waals surface area contributed by atoms with Gasteiger partial charge in [-0.05, 0) is 24.3 Å². The van der Waals surface area contributed by atoms with Crippen molar-refractivity contribution < 1.29 is 22.3 Å². The van der Waals surface area contributed by atoms with Gasteiger partial charge in [-0.3, -0.25) is 4.98 Å². The molecule has 0 atom stereocenters. The molecule has 0 amide bonds. The number of nitriles is 1. The highest BCUT2D eigenvalue weighted by Crippen LogP contribution is 2.21. The van der Waals surface area contributed by atoms with E-state index in [1.54, 1.807) is 6.07 Å². The van der Waals surface area contributed by atoms with Crippen LogP contribution in [0.5, 0.6) is 5.75 Å². The number of aromatic nitrogens is 1. The summed E-state index contributed by atoms with van der Waals surface area (Å²) in [6.45, 7) is -2.98. The highest BCUT2D eigenvalue weighted by molar-refractivity contribution is 5.50. The quantitative estimate of drug-likeness (QED) is 0.859. The molecule has 0 unspecified atom stereocenters. The van der Waals surface area contributed by atoms with Crippen LogP contribution in [0.15, 0.2) is 30.5 Å². The van der Waals surface area contributed by atoms with Crippen LogP contribution in [0.3, 0.4) is 0 Å². The largest absolute Gasteiger partial charge is 0.433 e. The third-order valence-corrected chi connectivity index (χ3v) is 2.64. The zero-order valence-electron chi connectivity index (χ0n) is 11.0. The van der Waals surface area contributed by atoms with E-state index in [0.717, 1.165) is 18.3 Å². The van der Waals surface area contributed by atoms with Crippen molar-refractivity contribution in [2.45, 2.75) is 13.2 Å². The van der Waals surface area contributed by atoms with Crippen LogP contribution in [-0.4, -0.2) is 11.6 Å². The number of halogens is 4. The standard InChI is InChI=1S/C14H9F4N3O/c15-11-3-8(5-19)4-12(16)13(11)21-6-9-1-2-10(7-20-9)22-14(17)18/h1-4,7,14,21H,6H2.